The SMILES string of the molecule is CC1CCCN(C(=O)c2c(F)cccc2-c2ncccn2)C1CNc1ccc(Cl)cn1. The van der Waals surface area contributed by atoms with Gasteiger partial charge >= 0.3 is 0 Å². The van der Waals surface area contributed by atoms with Gasteiger partial charge in [0.2, 0.25) is 0 Å². The Morgan fingerprint density at radius 3 is 2.74 bits per heavy atom. The van der Waals surface area contributed by atoms with Crippen LogP contribution in [0.2, 0.25) is 5.02 Å². The van der Waals surface area contributed by atoms with Gasteiger partial charge in [-0.1, -0.05) is 30.7 Å². The molecular weight excluding hydrogens is 417 g/mol. The highest BCUT2D eigenvalue weighted by atomic mass is 35.5. The van der Waals surface area contributed by atoms with Crippen LogP contribution in [0.25, 0.3) is 11.4 Å². The summed E-state index contributed by atoms with van der Waals surface area (Å²) in [6.07, 6.45) is 6.60. The molecule has 1 fully saturated rings. The standard InChI is InChI=1S/C23H23ClFN5O/c1-15-5-3-12-30(19(15)14-29-20-9-8-16(24)13-28-20)23(31)21-17(6-2-7-18(21)25)22-26-10-4-11-27-22/h2,4,6-11,13,15,19H,3,5,12,14H2,1H3,(H,28,29). The number of halogens is 2. The highest BCUT2D eigenvalue weighted by Gasteiger charge is 2.34. The predicted octanol–water partition coefficient (Wildman–Crippen LogP) is 4.68. The maximum absolute atomic E-state index is 14.9. The Balaban J connectivity index is 1.62. The normalized spacial score (nSPS) is 18.6. The van der Waals surface area contributed by atoms with Gasteiger partial charge in [0.25, 0.3) is 5.91 Å². The summed E-state index contributed by atoms with van der Waals surface area (Å²) in [7, 11) is 0. The number of rotatable bonds is 5. The third kappa shape index (κ3) is 4.66. The zero-order valence-corrected chi connectivity index (χ0v) is 17.9. The summed E-state index contributed by atoms with van der Waals surface area (Å²) in [4.78, 5) is 28.1. The lowest BCUT2D eigenvalue weighted by Gasteiger charge is -2.40. The van der Waals surface area contributed by atoms with Gasteiger partial charge in [-0.25, -0.2) is 19.3 Å². The second-order valence-electron chi connectivity index (χ2n) is 7.66. The van der Waals surface area contributed by atoms with Crippen LogP contribution in [0.15, 0.2) is 55.0 Å². The van der Waals surface area contributed by atoms with Crippen molar-refractivity contribution in [3.8, 4) is 11.4 Å². The first-order chi connectivity index (χ1) is 15.0. The fourth-order valence-corrected chi connectivity index (χ4v) is 4.12. The molecule has 0 bridgehead atoms. The number of nitrogens with zero attached hydrogens (tertiary/aromatic N) is 4. The molecule has 3 heterocycles. The molecule has 2 atom stereocenters. The Bertz CT molecular complexity index is 1050. The maximum atomic E-state index is 14.9. The van der Waals surface area contributed by atoms with Crippen molar-refractivity contribution in [2.75, 3.05) is 18.4 Å². The van der Waals surface area contributed by atoms with E-state index in [9.17, 15) is 9.18 Å². The summed E-state index contributed by atoms with van der Waals surface area (Å²) in [5.74, 6) is 0.345. The minimum Gasteiger partial charge on any atom is -0.368 e. The zero-order chi connectivity index (χ0) is 21.8. The number of pyridine rings is 1. The van der Waals surface area contributed by atoms with Gasteiger partial charge in [0.15, 0.2) is 5.82 Å². The van der Waals surface area contributed by atoms with Gasteiger partial charge < -0.3 is 10.2 Å². The van der Waals surface area contributed by atoms with Gasteiger partial charge in [0.05, 0.1) is 16.6 Å². The van der Waals surface area contributed by atoms with Gasteiger partial charge in [0.1, 0.15) is 11.6 Å². The van der Waals surface area contributed by atoms with E-state index in [0.29, 0.717) is 35.3 Å². The molecule has 1 N–H and O–H groups in total. The maximum Gasteiger partial charge on any atom is 0.257 e. The van der Waals surface area contributed by atoms with Crippen molar-refractivity contribution in [2.45, 2.75) is 25.8 Å². The molecule has 8 heteroatoms. The molecule has 0 saturated carbocycles. The molecule has 0 radical (unpaired) electrons. The van der Waals surface area contributed by atoms with Crippen molar-refractivity contribution in [2.24, 2.45) is 5.92 Å². The molecule has 6 nitrogen and oxygen atoms in total. The third-order valence-corrected chi connectivity index (χ3v) is 5.85. The van der Waals surface area contributed by atoms with Gasteiger partial charge in [-0.3, -0.25) is 4.79 Å². The van der Waals surface area contributed by atoms with Gasteiger partial charge in [-0.15, -0.1) is 0 Å². The van der Waals surface area contributed by atoms with Crippen LogP contribution in [0.1, 0.15) is 30.1 Å². The lowest BCUT2D eigenvalue weighted by atomic mass is 9.89. The van der Waals surface area contributed by atoms with Crippen LogP contribution >= 0.6 is 11.6 Å². The van der Waals surface area contributed by atoms with Crippen LogP contribution in [-0.2, 0) is 0 Å². The van der Waals surface area contributed by atoms with Crippen molar-refractivity contribution >= 4 is 23.3 Å². The topological polar surface area (TPSA) is 71.0 Å². The number of amides is 1. The second-order valence-corrected chi connectivity index (χ2v) is 8.10. The molecule has 1 saturated heterocycles. The summed E-state index contributed by atoms with van der Waals surface area (Å²) < 4.78 is 14.9. The highest BCUT2D eigenvalue weighted by Crippen LogP contribution is 2.29. The van der Waals surface area contributed by atoms with E-state index in [2.05, 4.69) is 27.2 Å². The van der Waals surface area contributed by atoms with Crippen LogP contribution in [-0.4, -0.2) is 44.9 Å². The minimum atomic E-state index is -0.570. The molecule has 0 aliphatic carbocycles. The first-order valence-electron chi connectivity index (χ1n) is 10.3. The van der Waals surface area contributed by atoms with E-state index in [1.165, 1.54) is 6.07 Å². The Kier molecular flexibility index (Phi) is 6.42. The highest BCUT2D eigenvalue weighted by molar-refractivity contribution is 6.30. The fourth-order valence-electron chi connectivity index (χ4n) is 4.01. The van der Waals surface area contributed by atoms with Crippen molar-refractivity contribution in [1.82, 2.24) is 19.9 Å². The van der Waals surface area contributed by atoms with E-state index >= 15 is 0 Å². The molecule has 4 rings (SSSR count). The number of piperidine rings is 1. The summed E-state index contributed by atoms with van der Waals surface area (Å²) in [6.45, 7) is 3.18. The molecular formula is C23H23ClFN5O. The van der Waals surface area contributed by atoms with Crippen LogP contribution in [0.5, 0.6) is 0 Å². The molecule has 160 valence electrons. The second kappa shape index (κ2) is 9.39. The molecule has 2 aromatic heterocycles. The Labute approximate surface area is 185 Å². The lowest BCUT2D eigenvalue weighted by molar-refractivity contribution is 0.0536. The fraction of sp³-hybridized carbons (Fsp3) is 0.304. The van der Waals surface area contributed by atoms with Gasteiger partial charge in [0, 0.05) is 37.2 Å². The van der Waals surface area contributed by atoms with E-state index in [1.807, 2.05) is 0 Å². The summed E-state index contributed by atoms with van der Waals surface area (Å²) in [5.41, 5.74) is 0.410. The average Bonchev–Trinajstić information content (AvgIpc) is 2.79. The number of carbonyl (C=O) groups is 1. The van der Waals surface area contributed by atoms with Gasteiger partial charge in [-0.05, 0) is 43.0 Å². The van der Waals surface area contributed by atoms with Crippen LogP contribution in [0.4, 0.5) is 10.2 Å². The first kappa shape index (κ1) is 21.2. The number of anilines is 1. The molecule has 31 heavy (non-hydrogen) atoms. The number of hydrogen-bond donors (Lipinski definition) is 1. The molecule has 1 aromatic carbocycles. The number of aromatic nitrogens is 3. The van der Waals surface area contributed by atoms with Crippen molar-refractivity contribution in [3.05, 3.63) is 71.4 Å². The van der Waals surface area contributed by atoms with E-state index in [1.54, 1.807) is 53.8 Å². The molecule has 1 amide bonds. The van der Waals surface area contributed by atoms with Crippen molar-refractivity contribution < 1.29 is 9.18 Å². The summed E-state index contributed by atoms with van der Waals surface area (Å²) >= 11 is 5.91. The molecule has 1 aliphatic heterocycles. The number of carbonyl (C=O) groups excluding carboxylic acids is 1. The Morgan fingerprint density at radius 2 is 2.00 bits per heavy atom. The monoisotopic (exact) mass is 439 g/mol. The summed E-state index contributed by atoms with van der Waals surface area (Å²) in [5, 5.41) is 3.85. The van der Waals surface area contributed by atoms with Crippen LogP contribution < -0.4 is 5.32 Å². The first-order valence-corrected chi connectivity index (χ1v) is 10.6. The zero-order valence-electron chi connectivity index (χ0n) is 17.1. The molecule has 0 spiro atoms. The number of likely N-dealkylation sites (tertiary alicyclic amines) is 1. The minimum absolute atomic E-state index is 0.0115. The number of benzene rings is 1. The van der Waals surface area contributed by atoms with E-state index in [-0.39, 0.29) is 23.4 Å². The van der Waals surface area contributed by atoms with E-state index in [4.69, 9.17) is 11.6 Å². The third-order valence-electron chi connectivity index (χ3n) is 5.63. The largest absolute Gasteiger partial charge is 0.368 e. The average molecular weight is 440 g/mol. The van der Waals surface area contributed by atoms with Crippen molar-refractivity contribution in [3.63, 3.8) is 0 Å². The predicted molar refractivity (Wildman–Crippen MR) is 118 cm³/mol. The number of hydrogen-bond acceptors (Lipinski definition) is 5. The van der Waals surface area contributed by atoms with Gasteiger partial charge in [-0.2, -0.15) is 0 Å². The van der Waals surface area contributed by atoms with E-state index < -0.39 is 5.82 Å². The van der Waals surface area contributed by atoms with Crippen LogP contribution in [0.3, 0.4) is 0 Å². The molecule has 1 aliphatic rings. The smallest absolute Gasteiger partial charge is 0.257 e. The Morgan fingerprint density at radius 1 is 1.19 bits per heavy atom. The van der Waals surface area contributed by atoms with E-state index in [0.717, 1.165) is 12.8 Å². The quantitative estimate of drug-likeness (QED) is 0.624. The Hall–Kier alpha value is -3.06. The molecule has 2 unspecified atom stereocenters. The number of nitrogens with one attached hydrogen (secondary N) is 1. The van der Waals surface area contributed by atoms with Crippen LogP contribution in [0, 0.1) is 11.7 Å². The lowest BCUT2D eigenvalue weighted by Crippen LogP contribution is -2.51. The molecule has 3 aromatic rings. The van der Waals surface area contributed by atoms with Crippen molar-refractivity contribution in [1.29, 1.82) is 0 Å². The summed E-state index contributed by atoms with van der Waals surface area (Å²) in [6, 6.07) is 9.69.